The maximum absolute atomic E-state index is 12.6. The average Bonchev–Trinajstić information content (AvgIpc) is 2.60. The summed E-state index contributed by atoms with van der Waals surface area (Å²) in [5.41, 5.74) is 6.14. The van der Waals surface area contributed by atoms with Gasteiger partial charge < -0.3 is 20.5 Å². The van der Waals surface area contributed by atoms with Crippen molar-refractivity contribution in [1.82, 2.24) is 0 Å². The van der Waals surface area contributed by atoms with Gasteiger partial charge in [-0.2, -0.15) is 8.78 Å². The molecule has 2 amide bonds. The first kappa shape index (κ1) is 18.9. The Morgan fingerprint density at radius 3 is 2.42 bits per heavy atom. The number of alkyl halides is 2. The summed E-state index contributed by atoms with van der Waals surface area (Å²) < 4.78 is 34.6. The zero-order chi connectivity index (χ0) is 19.1. The van der Waals surface area contributed by atoms with Crippen molar-refractivity contribution in [2.24, 2.45) is 5.73 Å². The molecule has 0 spiro atoms. The van der Waals surface area contributed by atoms with Crippen molar-refractivity contribution >= 4 is 23.6 Å². The molecule has 0 unspecified atom stereocenters. The molecule has 3 N–H and O–H groups in total. The number of hydrogen-bond acceptors (Lipinski definition) is 4. The normalized spacial score (nSPS) is 10.8. The van der Waals surface area contributed by atoms with Crippen LogP contribution in [0.2, 0.25) is 0 Å². The summed E-state index contributed by atoms with van der Waals surface area (Å²) in [7, 11) is 1.32. The van der Waals surface area contributed by atoms with Crippen LogP contribution >= 0.6 is 0 Å². The first-order valence-electron chi connectivity index (χ1n) is 7.41. The van der Waals surface area contributed by atoms with E-state index >= 15 is 0 Å². The molecule has 0 aliphatic rings. The highest BCUT2D eigenvalue weighted by molar-refractivity contribution is 6.02. The molecule has 0 fully saturated rings. The van der Waals surface area contributed by atoms with Gasteiger partial charge in [0.15, 0.2) is 11.5 Å². The summed E-state index contributed by atoms with van der Waals surface area (Å²) in [6, 6.07) is 10.5. The van der Waals surface area contributed by atoms with Crippen LogP contribution in [0.4, 0.5) is 14.5 Å². The second-order valence-electron chi connectivity index (χ2n) is 5.02. The first-order valence-corrected chi connectivity index (χ1v) is 7.41. The SMILES string of the molecule is COc1cccc(/C=C/C(=O)Nc2ccc(C(N)=O)cc2)c1OC(F)F. The number of anilines is 1. The third kappa shape index (κ3) is 5.04. The Morgan fingerprint density at radius 1 is 1.15 bits per heavy atom. The van der Waals surface area contributed by atoms with E-state index in [-0.39, 0.29) is 17.1 Å². The standard InChI is InChI=1S/C18H16F2N2O4/c1-25-14-4-2-3-11(16(14)26-18(19)20)7-10-15(23)22-13-8-5-12(6-9-13)17(21)24/h2-10,18H,1H3,(H2,21,24)(H,22,23)/b10-7+. The summed E-state index contributed by atoms with van der Waals surface area (Å²) in [6.07, 6.45) is 2.49. The molecule has 8 heteroatoms. The molecule has 0 aliphatic heterocycles. The Labute approximate surface area is 148 Å². The topological polar surface area (TPSA) is 90.6 Å². The fourth-order valence-electron chi connectivity index (χ4n) is 2.11. The van der Waals surface area contributed by atoms with Crippen molar-refractivity contribution in [3.63, 3.8) is 0 Å². The van der Waals surface area contributed by atoms with Gasteiger partial charge in [-0.1, -0.05) is 12.1 Å². The van der Waals surface area contributed by atoms with Crippen molar-refractivity contribution in [3.8, 4) is 11.5 Å². The van der Waals surface area contributed by atoms with Crippen molar-refractivity contribution < 1.29 is 27.8 Å². The van der Waals surface area contributed by atoms with Crippen LogP contribution in [0.3, 0.4) is 0 Å². The quantitative estimate of drug-likeness (QED) is 0.741. The molecular formula is C18H16F2N2O4. The van der Waals surface area contributed by atoms with Crippen molar-refractivity contribution in [2.75, 3.05) is 12.4 Å². The number of carbonyl (C=O) groups excluding carboxylic acids is 2. The average molecular weight is 362 g/mol. The van der Waals surface area contributed by atoms with Gasteiger partial charge in [-0.05, 0) is 36.4 Å². The van der Waals surface area contributed by atoms with E-state index in [2.05, 4.69) is 10.1 Å². The van der Waals surface area contributed by atoms with Crippen LogP contribution in [-0.4, -0.2) is 25.5 Å². The van der Waals surface area contributed by atoms with Gasteiger partial charge in [0.25, 0.3) is 0 Å². The number of nitrogens with two attached hydrogens (primary N) is 1. The van der Waals surface area contributed by atoms with E-state index in [4.69, 9.17) is 10.5 Å². The molecule has 0 saturated carbocycles. The van der Waals surface area contributed by atoms with Crippen LogP contribution in [0.25, 0.3) is 6.08 Å². The largest absolute Gasteiger partial charge is 0.493 e. The van der Waals surface area contributed by atoms with Gasteiger partial charge in [-0.25, -0.2) is 0 Å². The van der Waals surface area contributed by atoms with E-state index < -0.39 is 18.4 Å². The minimum atomic E-state index is -3.03. The predicted octanol–water partition coefficient (Wildman–Crippen LogP) is 3.05. The lowest BCUT2D eigenvalue weighted by molar-refractivity contribution is -0.111. The van der Waals surface area contributed by atoms with Crippen molar-refractivity contribution in [1.29, 1.82) is 0 Å². The third-order valence-electron chi connectivity index (χ3n) is 3.29. The third-order valence-corrected chi connectivity index (χ3v) is 3.29. The molecule has 26 heavy (non-hydrogen) atoms. The summed E-state index contributed by atoms with van der Waals surface area (Å²) in [4.78, 5) is 23.0. The number of para-hydroxylation sites is 1. The fraction of sp³-hybridized carbons (Fsp3) is 0.111. The zero-order valence-electron chi connectivity index (χ0n) is 13.7. The lowest BCUT2D eigenvalue weighted by Crippen LogP contribution is -2.11. The molecule has 6 nitrogen and oxygen atoms in total. The van der Waals surface area contributed by atoms with Gasteiger partial charge in [-0.3, -0.25) is 9.59 Å². The Bertz CT molecular complexity index is 820. The lowest BCUT2D eigenvalue weighted by Gasteiger charge is -2.12. The number of halogens is 2. The van der Waals surface area contributed by atoms with Gasteiger partial charge in [0.1, 0.15) is 0 Å². The van der Waals surface area contributed by atoms with Crippen LogP contribution in [0.15, 0.2) is 48.5 Å². The Hall–Kier alpha value is -3.42. The number of primary amides is 1. The summed E-state index contributed by atoms with van der Waals surface area (Å²) in [5.74, 6) is -1.12. The van der Waals surface area contributed by atoms with E-state index in [1.165, 1.54) is 49.6 Å². The Balaban J connectivity index is 2.13. The van der Waals surface area contributed by atoms with Crippen LogP contribution in [0.5, 0.6) is 11.5 Å². The van der Waals surface area contributed by atoms with Gasteiger partial charge in [0.2, 0.25) is 11.8 Å². The fourth-order valence-corrected chi connectivity index (χ4v) is 2.11. The number of rotatable bonds is 7. The number of nitrogens with one attached hydrogen (secondary N) is 1. The highest BCUT2D eigenvalue weighted by atomic mass is 19.3. The molecule has 2 aromatic rings. The number of ether oxygens (including phenoxy) is 2. The van der Waals surface area contributed by atoms with Crippen LogP contribution in [0.1, 0.15) is 15.9 Å². The number of hydrogen-bond donors (Lipinski definition) is 2. The Morgan fingerprint density at radius 2 is 1.85 bits per heavy atom. The molecule has 0 saturated heterocycles. The van der Waals surface area contributed by atoms with E-state index in [0.29, 0.717) is 11.3 Å². The maximum Gasteiger partial charge on any atom is 0.387 e. The molecule has 0 bridgehead atoms. The summed E-state index contributed by atoms with van der Waals surface area (Å²) in [5, 5.41) is 2.57. The minimum absolute atomic E-state index is 0.120. The monoisotopic (exact) mass is 362 g/mol. The molecule has 0 heterocycles. The van der Waals surface area contributed by atoms with Gasteiger partial charge >= 0.3 is 6.61 Å². The first-order chi connectivity index (χ1) is 12.4. The molecule has 2 rings (SSSR count). The molecule has 0 aromatic heterocycles. The number of amides is 2. The second-order valence-corrected chi connectivity index (χ2v) is 5.02. The smallest absolute Gasteiger partial charge is 0.387 e. The van der Waals surface area contributed by atoms with Gasteiger partial charge in [0.05, 0.1) is 7.11 Å². The van der Waals surface area contributed by atoms with Gasteiger partial charge in [-0.15, -0.1) is 0 Å². The lowest BCUT2D eigenvalue weighted by atomic mass is 10.1. The molecule has 0 radical (unpaired) electrons. The van der Waals surface area contributed by atoms with Crippen LogP contribution in [0, 0.1) is 0 Å². The van der Waals surface area contributed by atoms with Crippen molar-refractivity contribution in [3.05, 3.63) is 59.7 Å². The maximum atomic E-state index is 12.6. The van der Waals surface area contributed by atoms with E-state index in [1.807, 2.05) is 0 Å². The van der Waals surface area contributed by atoms with E-state index in [9.17, 15) is 18.4 Å². The van der Waals surface area contributed by atoms with Crippen LogP contribution in [-0.2, 0) is 4.79 Å². The summed E-state index contributed by atoms with van der Waals surface area (Å²) >= 11 is 0. The second kappa shape index (κ2) is 8.61. The minimum Gasteiger partial charge on any atom is -0.493 e. The highest BCUT2D eigenvalue weighted by Crippen LogP contribution is 2.33. The Kier molecular flexibility index (Phi) is 6.26. The highest BCUT2D eigenvalue weighted by Gasteiger charge is 2.14. The molecule has 136 valence electrons. The van der Waals surface area contributed by atoms with Crippen molar-refractivity contribution in [2.45, 2.75) is 6.61 Å². The number of carbonyl (C=O) groups is 2. The number of methoxy groups -OCH3 is 1. The summed E-state index contributed by atoms with van der Waals surface area (Å²) in [6.45, 7) is -3.03. The molecule has 0 aliphatic carbocycles. The molecular weight excluding hydrogens is 346 g/mol. The van der Waals surface area contributed by atoms with E-state index in [0.717, 1.165) is 6.08 Å². The van der Waals surface area contributed by atoms with Gasteiger partial charge in [0, 0.05) is 22.9 Å². The predicted molar refractivity (Wildman–Crippen MR) is 92.2 cm³/mol. The van der Waals surface area contributed by atoms with Crippen LogP contribution < -0.4 is 20.5 Å². The van der Waals surface area contributed by atoms with E-state index in [1.54, 1.807) is 6.07 Å². The zero-order valence-corrected chi connectivity index (χ0v) is 13.7. The molecule has 2 aromatic carbocycles. The number of benzene rings is 2. The molecule has 0 atom stereocenters.